The summed E-state index contributed by atoms with van der Waals surface area (Å²) in [5.74, 6) is 2.34. The Morgan fingerprint density at radius 3 is 2.38 bits per heavy atom. The second-order valence-corrected chi connectivity index (χ2v) is 10.2. The average Bonchev–Trinajstić information content (AvgIpc) is 3.28. The van der Waals surface area contributed by atoms with E-state index in [2.05, 4.69) is 31.4 Å². The van der Waals surface area contributed by atoms with E-state index in [1.54, 1.807) is 55.3 Å². The van der Waals surface area contributed by atoms with Gasteiger partial charge in [0.05, 0.1) is 18.9 Å². The summed E-state index contributed by atoms with van der Waals surface area (Å²) in [5.41, 5.74) is 1.20. The molecule has 0 fully saturated rings. The number of aromatic nitrogens is 3. The van der Waals surface area contributed by atoms with Gasteiger partial charge < -0.3 is 14.6 Å². The molecule has 0 saturated carbocycles. The standard InChI is InChI=1S/C24H27BrN4O3S2/c1-4-29-22(27-28-24(29)34-15-21(30)16-5-9-18(25)10-6-16)20(13-14-33-3)26-23(31)17-7-11-19(32-2)12-8-17/h5-12,20H,4,13-15H2,1-3H3,(H,26,31). The van der Waals surface area contributed by atoms with Gasteiger partial charge in [-0.2, -0.15) is 11.8 Å². The first-order valence-corrected chi connectivity index (χ1v) is 13.9. The van der Waals surface area contributed by atoms with E-state index < -0.39 is 0 Å². The van der Waals surface area contributed by atoms with Gasteiger partial charge in [0.2, 0.25) is 0 Å². The molecular weight excluding hydrogens is 536 g/mol. The highest BCUT2D eigenvalue weighted by molar-refractivity contribution is 9.10. The first-order valence-electron chi connectivity index (χ1n) is 10.7. The predicted octanol–water partition coefficient (Wildman–Crippen LogP) is 5.27. The highest BCUT2D eigenvalue weighted by Gasteiger charge is 2.23. The summed E-state index contributed by atoms with van der Waals surface area (Å²) < 4.78 is 8.08. The van der Waals surface area contributed by atoms with Crippen LogP contribution in [0.1, 0.15) is 45.9 Å². The van der Waals surface area contributed by atoms with E-state index in [1.807, 2.05) is 29.9 Å². The fourth-order valence-corrected chi connectivity index (χ4v) is 4.94. The van der Waals surface area contributed by atoms with Crippen molar-refractivity contribution >= 4 is 51.1 Å². The van der Waals surface area contributed by atoms with E-state index in [1.165, 1.54) is 11.8 Å². The normalized spacial score (nSPS) is 11.8. The van der Waals surface area contributed by atoms with Gasteiger partial charge in [-0.25, -0.2) is 0 Å². The molecular formula is C24H27BrN4O3S2. The van der Waals surface area contributed by atoms with E-state index >= 15 is 0 Å². The summed E-state index contributed by atoms with van der Waals surface area (Å²) in [6, 6.07) is 14.0. The van der Waals surface area contributed by atoms with Crippen molar-refractivity contribution < 1.29 is 14.3 Å². The first-order chi connectivity index (χ1) is 16.5. The van der Waals surface area contributed by atoms with Gasteiger partial charge >= 0.3 is 0 Å². The molecule has 1 unspecified atom stereocenters. The Kier molecular flexibility index (Phi) is 10.0. The van der Waals surface area contributed by atoms with Crippen LogP contribution in [0, 0.1) is 0 Å². The summed E-state index contributed by atoms with van der Waals surface area (Å²) in [7, 11) is 1.59. The zero-order valence-electron chi connectivity index (χ0n) is 19.3. The van der Waals surface area contributed by atoms with Crippen molar-refractivity contribution in [1.82, 2.24) is 20.1 Å². The van der Waals surface area contributed by atoms with Gasteiger partial charge in [0.1, 0.15) is 5.75 Å². The van der Waals surface area contributed by atoms with Gasteiger partial charge in [-0.3, -0.25) is 9.59 Å². The molecule has 0 spiro atoms. The number of Topliss-reactive ketones (excluding diaryl/α,β-unsaturated/α-hetero) is 1. The smallest absolute Gasteiger partial charge is 0.251 e. The van der Waals surface area contributed by atoms with E-state index in [-0.39, 0.29) is 23.5 Å². The first kappa shape index (κ1) is 26.3. The number of methoxy groups -OCH3 is 1. The summed E-state index contributed by atoms with van der Waals surface area (Å²) in [6.07, 6.45) is 2.74. The fraction of sp³-hybridized carbons (Fsp3) is 0.333. The molecule has 3 rings (SSSR count). The Hall–Kier alpha value is -2.30. The minimum absolute atomic E-state index is 0.0245. The molecule has 0 aliphatic heterocycles. The van der Waals surface area contributed by atoms with Gasteiger partial charge in [-0.05, 0) is 61.8 Å². The Morgan fingerprint density at radius 1 is 1.09 bits per heavy atom. The molecule has 0 radical (unpaired) electrons. The number of nitrogens with zero attached hydrogens (tertiary/aromatic N) is 3. The lowest BCUT2D eigenvalue weighted by Crippen LogP contribution is -2.31. The van der Waals surface area contributed by atoms with Crippen LogP contribution in [-0.2, 0) is 6.54 Å². The fourth-order valence-electron chi connectivity index (χ4n) is 3.30. The van der Waals surface area contributed by atoms with E-state index in [4.69, 9.17) is 4.74 Å². The number of halogens is 1. The van der Waals surface area contributed by atoms with E-state index in [0.29, 0.717) is 40.8 Å². The molecule has 0 saturated heterocycles. The predicted molar refractivity (Wildman–Crippen MR) is 141 cm³/mol. The minimum atomic E-state index is -0.300. The topological polar surface area (TPSA) is 86.1 Å². The van der Waals surface area contributed by atoms with Gasteiger partial charge in [-0.15, -0.1) is 10.2 Å². The van der Waals surface area contributed by atoms with Crippen LogP contribution in [-0.4, -0.2) is 51.3 Å². The van der Waals surface area contributed by atoms with Crippen molar-refractivity contribution in [2.24, 2.45) is 0 Å². The van der Waals surface area contributed by atoms with E-state index in [0.717, 1.165) is 10.2 Å². The lowest BCUT2D eigenvalue weighted by molar-refractivity contribution is 0.0932. The maximum Gasteiger partial charge on any atom is 0.251 e. The monoisotopic (exact) mass is 562 g/mol. The van der Waals surface area contributed by atoms with Crippen LogP contribution < -0.4 is 10.1 Å². The summed E-state index contributed by atoms with van der Waals surface area (Å²) in [6.45, 7) is 2.63. The van der Waals surface area contributed by atoms with Crippen molar-refractivity contribution in [3.8, 4) is 5.75 Å². The van der Waals surface area contributed by atoms with Gasteiger partial charge in [0, 0.05) is 22.1 Å². The number of rotatable bonds is 12. The second kappa shape index (κ2) is 13.0. The molecule has 0 aliphatic carbocycles. The molecule has 180 valence electrons. The Labute approximate surface area is 216 Å². The van der Waals surface area contributed by atoms with Gasteiger partial charge in [0.15, 0.2) is 16.8 Å². The Balaban J connectivity index is 1.75. The summed E-state index contributed by atoms with van der Waals surface area (Å²) >= 11 is 6.45. The highest BCUT2D eigenvalue weighted by Crippen LogP contribution is 2.25. The van der Waals surface area contributed by atoms with Crippen LogP contribution in [0.3, 0.4) is 0 Å². The lowest BCUT2D eigenvalue weighted by atomic mass is 10.1. The maximum atomic E-state index is 12.9. The quantitative estimate of drug-likeness (QED) is 0.237. The number of nitrogens with one attached hydrogen (secondary N) is 1. The van der Waals surface area contributed by atoms with Gasteiger partial charge in [0.25, 0.3) is 5.91 Å². The van der Waals surface area contributed by atoms with Gasteiger partial charge in [-0.1, -0.05) is 39.8 Å². The minimum Gasteiger partial charge on any atom is -0.497 e. The summed E-state index contributed by atoms with van der Waals surface area (Å²) in [4.78, 5) is 25.5. The van der Waals surface area contributed by atoms with Crippen molar-refractivity contribution in [2.45, 2.75) is 31.1 Å². The molecule has 1 heterocycles. The number of ketones is 1. The zero-order chi connectivity index (χ0) is 24.5. The van der Waals surface area contributed by atoms with E-state index in [9.17, 15) is 9.59 Å². The average molecular weight is 564 g/mol. The molecule has 7 nitrogen and oxygen atoms in total. The second-order valence-electron chi connectivity index (χ2n) is 7.34. The van der Waals surface area contributed by atoms with Crippen LogP contribution in [0.4, 0.5) is 0 Å². The summed E-state index contributed by atoms with van der Waals surface area (Å²) in [5, 5.41) is 12.5. The molecule has 1 aromatic heterocycles. The third-order valence-corrected chi connectivity index (χ3v) is 7.28. The van der Waals surface area contributed by atoms with Crippen LogP contribution in [0.5, 0.6) is 5.75 Å². The van der Waals surface area contributed by atoms with Crippen LogP contribution in [0.15, 0.2) is 58.2 Å². The third-order valence-electron chi connectivity index (χ3n) is 5.14. The molecule has 0 bridgehead atoms. The van der Waals surface area contributed by atoms with Crippen molar-refractivity contribution in [3.05, 3.63) is 70.0 Å². The van der Waals surface area contributed by atoms with Crippen LogP contribution >= 0.6 is 39.5 Å². The number of hydrogen-bond donors (Lipinski definition) is 1. The van der Waals surface area contributed by atoms with Crippen LogP contribution in [0.25, 0.3) is 0 Å². The SMILES string of the molecule is CCn1c(SCC(=O)c2ccc(Br)cc2)nnc1C(CCSC)NC(=O)c1ccc(OC)cc1. The molecule has 1 atom stereocenters. The highest BCUT2D eigenvalue weighted by atomic mass is 79.9. The number of ether oxygens (including phenoxy) is 1. The molecule has 1 amide bonds. The number of hydrogen-bond acceptors (Lipinski definition) is 7. The van der Waals surface area contributed by atoms with Crippen molar-refractivity contribution in [1.29, 1.82) is 0 Å². The third kappa shape index (κ3) is 6.86. The molecule has 10 heteroatoms. The maximum absolute atomic E-state index is 12.9. The largest absolute Gasteiger partial charge is 0.497 e. The number of thioether (sulfide) groups is 2. The number of carbonyl (C=O) groups excluding carboxylic acids is 2. The molecule has 1 N–H and O–H groups in total. The number of amides is 1. The Bertz CT molecular complexity index is 1100. The number of carbonyl (C=O) groups is 2. The molecule has 34 heavy (non-hydrogen) atoms. The molecule has 3 aromatic rings. The number of benzene rings is 2. The lowest BCUT2D eigenvalue weighted by Gasteiger charge is -2.19. The zero-order valence-corrected chi connectivity index (χ0v) is 22.5. The molecule has 2 aromatic carbocycles. The molecule has 0 aliphatic rings. The Morgan fingerprint density at radius 2 is 1.76 bits per heavy atom. The van der Waals surface area contributed by atoms with Crippen LogP contribution in [0.2, 0.25) is 0 Å². The van der Waals surface area contributed by atoms with Crippen molar-refractivity contribution in [2.75, 3.05) is 24.9 Å². The van der Waals surface area contributed by atoms with Crippen molar-refractivity contribution in [3.63, 3.8) is 0 Å².